The van der Waals surface area contributed by atoms with E-state index < -0.39 is 7.60 Å². The Hall–Kier alpha value is -2.13. The Morgan fingerprint density at radius 3 is 2.81 bits per heavy atom. The molecular weight excluding hydrogens is 353 g/mol. The Balaban J connectivity index is 1.82. The van der Waals surface area contributed by atoms with Crippen molar-refractivity contribution in [1.82, 2.24) is 4.98 Å². The zero-order chi connectivity index (χ0) is 18.7. The summed E-state index contributed by atoms with van der Waals surface area (Å²) in [5.74, 6) is 1.74. The van der Waals surface area contributed by atoms with Gasteiger partial charge in [-0.3, -0.25) is 0 Å². The van der Waals surface area contributed by atoms with Gasteiger partial charge in [0.25, 0.3) is 0 Å². The van der Waals surface area contributed by atoms with Crippen LogP contribution in [0.15, 0.2) is 24.4 Å². The largest absolute Gasteiger partial charge is 0.779 e. The molecule has 1 atom stereocenters. The monoisotopic (exact) mass is 374 g/mol. The molecule has 0 spiro atoms. The molecule has 26 heavy (non-hydrogen) atoms. The van der Waals surface area contributed by atoms with Gasteiger partial charge in [-0.15, -0.1) is 0 Å². The van der Waals surface area contributed by atoms with Gasteiger partial charge in [-0.2, -0.15) is 5.26 Å². The van der Waals surface area contributed by atoms with Crippen LogP contribution in [0.2, 0.25) is 0 Å². The first kappa shape index (κ1) is 18.7. The van der Waals surface area contributed by atoms with E-state index in [2.05, 4.69) is 16.0 Å². The molecular formula is C18H21N3O4P-. The maximum atomic E-state index is 11.0. The number of ether oxygens (including phenoxy) is 1. The lowest BCUT2D eigenvalue weighted by molar-refractivity contribution is -0.193. The molecule has 8 heteroatoms. The number of pyridine rings is 1. The lowest BCUT2D eigenvalue weighted by Gasteiger charge is -2.34. The fourth-order valence-electron chi connectivity index (χ4n) is 3.54. The van der Waals surface area contributed by atoms with Crippen molar-refractivity contribution in [1.29, 1.82) is 5.26 Å². The van der Waals surface area contributed by atoms with Gasteiger partial charge in [0.05, 0.1) is 12.7 Å². The van der Waals surface area contributed by atoms with E-state index in [1.807, 2.05) is 18.2 Å². The molecule has 1 aromatic carbocycles. The number of benzene rings is 1. The summed E-state index contributed by atoms with van der Waals surface area (Å²) < 4.78 is 16.4. The average Bonchev–Trinajstić information content (AvgIpc) is 2.65. The number of piperidine rings is 1. The second kappa shape index (κ2) is 7.63. The van der Waals surface area contributed by atoms with Crippen LogP contribution in [-0.4, -0.2) is 36.2 Å². The van der Waals surface area contributed by atoms with Crippen molar-refractivity contribution in [3.05, 3.63) is 30.0 Å². The SMILES string of the molecule is COc1cccc2c(N3CCC(CCP(=O)([O-])O)CC3)ncc(C#N)c12. The number of nitriles is 1. The maximum absolute atomic E-state index is 11.0. The van der Waals surface area contributed by atoms with Crippen molar-refractivity contribution in [3.8, 4) is 11.8 Å². The predicted molar refractivity (Wildman–Crippen MR) is 97.3 cm³/mol. The summed E-state index contributed by atoms with van der Waals surface area (Å²) in [4.78, 5) is 26.6. The fraction of sp³-hybridized carbons (Fsp3) is 0.444. The summed E-state index contributed by atoms with van der Waals surface area (Å²) >= 11 is 0. The highest BCUT2D eigenvalue weighted by Crippen LogP contribution is 2.37. The molecule has 2 heterocycles. The third-order valence-corrected chi connectivity index (χ3v) is 5.75. The quantitative estimate of drug-likeness (QED) is 0.800. The first-order chi connectivity index (χ1) is 12.4. The average molecular weight is 374 g/mol. The molecule has 1 N–H and O–H groups in total. The summed E-state index contributed by atoms with van der Waals surface area (Å²) in [6.07, 6.45) is 3.58. The van der Waals surface area contributed by atoms with Crippen LogP contribution in [0, 0.1) is 17.2 Å². The third-order valence-electron chi connectivity index (χ3n) is 4.93. The smallest absolute Gasteiger partial charge is 0.136 e. The van der Waals surface area contributed by atoms with E-state index in [1.165, 1.54) is 0 Å². The van der Waals surface area contributed by atoms with Gasteiger partial charge in [-0.1, -0.05) is 12.1 Å². The summed E-state index contributed by atoms with van der Waals surface area (Å²) in [5.41, 5.74) is 0.477. The van der Waals surface area contributed by atoms with Crippen LogP contribution in [0.3, 0.4) is 0 Å². The van der Waals surface area contributed by atoms with E-state index in [1.54, 1.807) is 13.3 Å². The first-order valence-electron chi connectivity index (χ1n) is 8.56. The second-order valence-corrected chi connectivity index (χ2v) is 8.29. The third kappa shape index (κ3) is 3.99. The lowest BCUT2D eigenvalue weighted by Crippen LogP contribution is -2.34. The zero-order valence-corrected chi connectivity index (χ0v) is 15.5. The summed E-state index contributed by atoms with van der Waals surface area (Å²) in [6.45, 7) is 1.51. The van der Waals surface area contributed by atoms with Crippen LogP contribution >= 0.6 is 7.60 Å². The van der Waals surface area contributed by atoms with Gasteiger partial charge in [0.15, 0.2) is 0 Å². The van der Waals surface area contributed by atoms with E-state index in [0.29, 0.717) is 17.7 Å². The molecule has 0 bridgehead atoms. The Labute approximate surface area is 152 Å². The molecule has 0 saturated carbocycles. The van der Waals surface area contributed by atoms with Crippen LogP contribution in [0.4, 0.5) is 5.82 Å². The first-order valence-corrected chi connectivity index (χ1v) is 10.3. The number of methoxy groups -OCH3 is 1. The van der Waals surface area contributed by atoms with Crippen molar-refractivity contribution < 1.29 is 19.1 Å². The Bertz CT molecular complexity index is 882. The highest BCUT2D eigenvalue weighted by atomic mass is 31.2. The Morgan fingerprint density at radius 2 is 2.19 bits per heavy atom. The number of fused-ring (bicyclic) bond motifs is 1. The Morgan fingerprint density at radius 1 is 1.46 bits per heavy atom. The van der Waals surface area contributed by atoms with Crippen molar-refractivity contribution in [3.63, 3.8) is 0 Å². The topological polar surface area (TPSA) is 110 Å². The van der Waals surface area contributed by atoms with Crippen LogP contribution in [-0.2, 0) is 4.57 Å². The number of anilines is 1. The molecule has 0 radical (unpaired) electrons. The van der Waals surface area contributed by atoms with Gasteiger partial charge in [0.1, 0.15) is 25.2 Å². The molecule has 1 aliphatic rings. The minimum absolute atomic E-state index is 0.160. The zero-order valence-electron chi connectivity index (χ0n) is 14.6. The van der Waals surface area contributed by atoms with Crippen LogP contribution in [0.5, 0.6) is 5.75 Å². The minimum Gasteiger partial charge on any atom is -0.779 e. The lowest BCUT2D eigenvalue weighted by atomic mass is 9.94. The standard InChI is InChI=1S/C18H22N3O4P/c1-25-16-4-2-3-15-17(16)14(11-19)12-20-18(15)21-8-5-13(6-9-21)7-10-26(22,23)24/h2-4,12-13H,5-10H2,1H3,(H2,22,23,24)/p-1. The van der Waals surface area contributed by atoms with E-state index in [0.717, 1.165) is 42.5 Å². The Kier molecular flexibility index (Phi) is 5.47. The highest BCUT2D eigenvalue weighted by molar-refractivity contribution is 7.50. The number of rotatable bonds is 5. The van der Waals surface area contributed by atoms with E-state index in [4.69, 9.17) is 9.63 Å². The molecule has 1 saturated heterocycles. The molecule has 1 aromatic heterocycles. The van der Waals surface area contributed by atoms with Crippen molar-refractivity contribution in [2.75, 3.05) is 31.3 Å². The van der Waals surface area contributed by atoms with Crippen LogP contribution in [0.1, 0.15) is 24.8 Å². The number of nitrogens with zero attached hydrogens (tertiary/aromatic N) is 3. The van der Waals surface area contributed by atoms with Gasteiger partial charge in [-0.25, -0.2) is 4.98 Å². The van der Waals surface area contributed by atoms with Gasteiger partial charge in [0, 0.05) is 36.2 Å². The van der Waals surface area contributed by atoms with Crippen molar-refractivity contribution in [2.24, 2.45) is 5.92 Å². The van der Waals surface area contributed by atoms with E-state index >= 15 is 0 Å². The predicted octanol–water partition coefficient (Wildman–Crippen LogP) is 2.27. The van der Waals surface area contributed by atoms with E-state index in [-0.39, 0.29) is 12.1 Å². The summed E-state index contributed by atoms with van der Waals surface area (Å²) in [6, 6.07) is 7.82. The molecule has 0 amide bonds. The van der Waals surface area contributed by atoms with Crippen LogP contribution < -0.4 is 14.5 Å². The highest BCUT2D eigenvalue weighted by Gasteiger charge is 2.23. The van der Waals surface area contributed by atoms with Crippen LogP contribution in [0.25, 0.3) is 10.8 Å². The fourth-order valence-corrected chi connectivity index (χ4v) is 4.23. The van der Waals surface area contributed by atoms with Gasteiger partial charge in [0.2, 0.25) is 0 Å². The summed E-state index contributed by atoms with van der Waals surface area (Å²) in [5, 5.41) is 11.0. The summed E-state index contributed by atoms with van der Waals surface area (Å²) in [7, 11) is -2.60. The molecule has 2 aromatic rings. The van der Waals surface area contributed by atoms with Gasteiger partial charge < -0.3 is 24.0 Å². The van der Waals surface area contributed by atoms with Gasteiger partial charge in [-0.05, 0) is 31.2 Å². The normalized spacial score (nSPS) is 17.7. The number of hydrogen-bond acceptors (Lipinski definition) is 6. The van der Waals surface area contributed by atoms with Gasteiger partial charge >= 0.3 is 0 Å². The molecule has 3 rings (SSSR count). The second-order valence-electron chi connectivity index (χ2n) is 6.57. The number of aromatic nitrogens is 1. The van der Waals surface area contributed by atoms with Crippen molar-refractivity contribution >= 4 is 24.2 Å². The van der Waals surface area contributed by atoms with Crippen molar-refractivity contribution in [2.45, 2.75) is 19.3 Å². The molecule has 1 aliphatic heterocycles. The maximum Gasteiger partial charge on any atom is 0.136 e. The molecule has 1 fully saturated rings. The molecule has 0 aliphatic carbocycles. The number of hydrogen-bond donors (Lipinski definition) is 1. The minimum atomic E-state index is -4.18. The van der Waals surface area contributed by atoms with E-state index in [9.17, 15) is 14.7 Å². The molecule has 7 nitrogen and oxygen atoms in total. The molecule has 138 valence electrons. The molecule has 1 unspecified atom stereocenters.